The van der Waals surface area contributed by atoms with Crippen LogP contribution in [0.1, 0.15) is 24.8 Å². The average molecular weight is 500 g/mol. The zero-order valence-corrected chi connectivity index (χ0v) is 19.0. The third-order valence-corrected chi connectivity index (χ3v) is 5.40. The SMILES string of the molecule is C=C1C=C(Nc2c(Cl)cncc2Cl)c2ccc(OC)c(OCCCCCBr)c2O1. The molecule has 3 rings (SSSR count). The second kappa shape index (κ2) is 10.2. The molecule has 8 heteroatoms. The summed E-state index contributed by atoms with van der Waals surface area (Å²) in [4.78, 5) is 3.98. The van der Waals surface area contributed by atoms with Gasteiger partial charge in [-0.25, -0.2) is 0 Å². The molecule has 2 heterocycles. The van der Waals surface area contributed by atoms with Crippen LogP contribution in [0.2, 0.25) is 10.0 Å². The molecule has 0 atom stereocenters. The molecule has 154 valence electrons. The molecule has 0 unspecified atom stereocenters. The first-order chi connectivity index (χ1) is 14.0. The molecule has 1 aliphatic heterocycles. The molecule has 0 bridgehead atoms. The fourth-order valence-electron chi connectivity index (χ4n) is 2.87. The van der Waals surface area contributed by atoms with E-state index in [1.807, 2.05) is 12.1 Å². The van der Waals surface area contributed by atoms with Gasteiger partial charge < -0.3 is 19.5 Å². The Morgan fingerprint density at radius 3 is 2.62 bits per heavy atom. The average Bonchev–Trinajstić information content (AvgIpc) is 2.70. The van der Waals surface area contributed by atoms with Crippen LogP contribution in [0.15, 0.2) is 42.9 Å². The molecule has 0 aliphatic carbocycles. The molecule has 1 aromatic carbocycles. The number of pyridine rings is 1. The summed E-state index contributed by atoms with van der Waals surface area (Å²) in [6.45, 7) is 4.51. The van der Waals surface area contributed by atoms with Crippen LogP contribution in [-0.4, -0.2) is 24.0 Å². The molecule has 1 aliphatic rings. The van der Waals surface area contributed by atoms with E-state index in [2.05, 4.69) is 32.8 Å². The summed E-state index contributed by atoms with van der Waals surface area (Å²) in [6.07, 6.45) is 7.94. The van der Waals surface area contributed by atoms with Crippen LogP contribution < -0.4 is 19.5 Å². The summed E-state index contributed by atoms with van der Waals surface area (Å²) < 4.78 is 17.4. The molecular formula is C21H21BrCl2N2O3. The minimum atomic E-state index is 0.411. The fraction of sp³-hybridized carbons (Fsp3) is 0.286. The Kier molecular flexibility index (Phi) is 7.70. The van der Waals surface area contributed by atoms with Crippen LogP contribution in [-0.2, 0) is 0 Å². The van der Waals surface area contributed by atoms with Gasteiger partial charge in [-0.05, 0) is 31.4 Å². The van der Waals surface area contributed by atoms with Crippen molar-refractivity contribution in [3.8, 4) is 17.2 Å². The number of alkyl halides is 1. The van der Waals surface area contributed by atoms with Gasteiger partial charge in [-0.15, -0.1) is 0 Å². The predicted molar refractivity (Wildman–Crippen MR) is 122 cm³/mol. The zero-order valence-electron chi connectivity index (χ0n) is 15.9. The number of aromatic nitrogens is 1. The molecule has 0 amide bonds. The largest absolute Gasteiger partial charge is 0.493 e. The van der Waals surface area contributed by atoms with Gasteiger partial charge in [-0.1, -0.05) is 45.7 Å². The number of halogens is 3. The summed E-state index contributed by atoms with van der Waals surface area (Å²) in [5.41, 5.74) is 2.08. The number of allylic oxidation sites excluding steroid dienone is 1. The van der Waals surface area contributed by atoms with Crippen molar-refractivity contribution in [3.05, 3.63) is 58.5 Å². The quantitative estimate of drug-likeness (QED) is 0.307. The maximum Gasteiger partial charge on any atom is 0.204 e. The van der Waals surface area contributed by atoms with Crippen molar-refractivity contribution >= 4 is 50.5 Å². The number of nitrogens with one attached hydrogen (secondary N) is 1. The van der Waals surface area contributed by atoms with E-state index in [1.54, 1.807) is 13.2 Å². The van der Waals surface area contributed by atoms with Gasteiger partial charge in [0.1, 0.15) is 5.76 Å². The van der Waals surface area contributed by atoms with Gasteiger partial charge in [-0.3, -0.25) is 4.98 Å². The van der Waals surface area contributed by atoms with E-state index in [1.165, 1.54) is 12.4 Å². The molecule has 0 saturated carbocycles. The van der Waals surface area contributed by atoms with E-state index in [4.69, 9.17) is 37.4 Å². The van der Waals surface area contributed by atoms with Crippen molar-refractivity contribution in [1.82, 2.24) is 4.98 Å². The molecule has 29 heavy (non-hydrogen) atoms. The molecule has 5 nitrogen and oxygen atoms in total. The lowest BCUT2D eigenvalue weighted by Gasteiger charge is -2.25. The first kappa shape index (κ1) is 21.8. The highest BCUT2D eigenvalue weighted by molar-refractivity contribution is 9.09. The van der Waals surface area contributed by atoms with Crippen LogP contribution in [0.4, 0.5) is 5.69 Å². The van der Waals surface area contributed by atoms with E-state index in [0.717, 1.165) is 35.9 Å². The number of rotatable bonds is 9. The normalized spacial score (nSPS) is 12.7. The predicted octanol–water partition coefficient (Wildman–Crippen LogP) is 6.70. The molecule has 0 saturated heterocycles. The maximum atomic E-state index is 6.26. The van der Waals surface area contributed by atoms with E-state index in [9.17, 15) is 0 Å². The Bertz CT molecular complexity index is 914. The van der Waals surface area contributed by atoms with Crippen LogP contribution in [0, 0.1) is 0 Å². The number of anilines is 1. The summed E-state index contributed by atoms with van der Waals surface area (Å²) in [5, 5.41) is 5.08. The second-order valence-corrected chi connectivity index (χ2v) is 7.91. The molecule has 1 N–H and O–H groups in total. The molecule has 0 spiro atoms. The Labute approximate surface area is 188 Å². The maximum absolute atomic E-state index is 6.26. The Balaban J connectivity index is 1.92. The van der Waals surface area contributed by atoms with E-state index >= 15 is 0 Å². The zero-order chi connectivity index (χ0) is 20.8. The number of ether oxygens (including phenoxy) is 3. The van der Waals surface area contributed by atoms with Crippen molar-refractivity contribution in [2.24, 2.45) is 0 Å². The van der Waals surface area contributed by atoms with Gasteiger partial charge in [0.2, 0.25) is 5.75 Å². The number of unbranched alkanes of at least 4 members (excludes halogenated alkanes) is 2. The van der Waals surface area contributed by atoms with Gasteiger partial charge in [-0.2, -0.15) is 0 Å². The lowest BCUT2D eigenvalue weighted by atomic mass is 10.1. The number of nitrogens with zero attached hydrogens (tertiary/aromatic N) is 1. The molecule has 1 aromatic heterocycles. The molecular weight excluding hydrogens is 479 g/mol. The fourth-order valence-corrected chi connectivity index (χ4v) is 3.73. The number of benzene rings is 1. The number of fused-ring (bicyclic) bond motifs is 1. The standard InChI is InChI=1S/C21H21BrCl2N2O3/c1-13-10-17(26-19-15(23)11-25-12-16(19)24)14-6-7-18(27-2)21(20(14)29-13)28-9-5-3-4-8-22/h6-7,10-12H,1,3-5,8-9H2,2H3,(H,25,26). The number of hydrogen-bond donors (Lipinski definition) is 1. The van der Waals surface area contributed by atoms with Crippen LogP contribution in [0.3, 0.4) is 0 Å². The smallest absolute Gasteiger partial charge is 0.204 e. The first-order valence-electron chi connectivity index (χ1n) is 9.09. The van der Waals surface area contributed by atoms with Crippen LogP contribution >= 0.6 is 39.1 Å². The molecule has 0 radical (unpaired) electrons. The number of methoxy groups -OCH3 is 1. The van der Waals surface area contributed by atoms with Crippen molar-refractivity contribution in [2.75, 3.05) is 24.4 Å². The minimum absolute atomic E-state index is 0.411. The summed E-state index contributed by atoms with van der Waals surface area (Å²) in [7, 11) is 1.60. The van der Waals surface area contributed by atoms with Gasteiger partial charge >= 0.3 is 0 Å². The van der Waals surface area contributed by atoms with Gasteiger partial charge in [0.25, 0.3) is 0 Å². The Morgan fingerprint density at radius 1 is 1.17 bits per heavy atom. The van der Waals surface area contributed by atoms with Crippen LogP contribution in [0.25, 0.3) is 5.70 Å². The van der Waals surface area contributed by atoms with E-state index < -0.39 is 0 Å². The third-order valence-electron chi connectivity index (χ3n) is 4.26. The van der Waals surface area contributed by atoms with Gasteiger partial charge in [0.15, 0.2) is 11.5 Å². The van der Waals surface area contributed by atoms with Crippen molar-refractivity contribution in [2.45, 2.75) is 19.3 Å². The van der Waals surface area contributed by atoms with Gasteiger partial charge in [0, 0.05) is 29.4 Å². The van der Waals surface area contributed by atoms with E-state index in [-0.39, 0.29) is 0 Å². The van der Waals surface area contributed by atoms with Crippen molar-refractivity contribution in [1.29, 1.82) is 0 Å². The van der Waals surface area contributed by atoms with E-state index in [0.29, 0.717) is 45.3 Å². The number of hydrogen-bond acceptors (Lipinski definition) is 5. The van der Waals surface area contributed by atoms with Gasteiger partial charge in [0.05, 0.1) is 35.1 Å². The topological polar surface area (TPSA) is 52.6 Å². The summed E-state index contributed by atoms with van der Waals surface area (Å²) in [6, 6.07) is 3.73. The molecule has 0 fully saturated rings. The highest BCUT2D eigenvalue weighted by Crippen LogP contribution is 2.46. The monoisotopic (exact) mass is 498 g/mol. The highest BCUT2D eigenvalue weighted by atomic mass is 79.9. The first-order valence-corrected chi connectivity index (χ1v) is 11.0. The Morgan fingerprint density at radius 2 is 1.93 bits per heavy atom. The second-order valence-electron chi connectivity index (χ2n) is 6.30. The molecule has 2 aromatic rings. The summed E-state index contributed by atoms with van der Waals surface area (Å²) >= 11 is 16.0. The lowest BCUT2D eigenvalue weighted by Crippen LogP contribution is -2.11. The summed E-state index contributed by atoms with van der Waals surface area (Å²) in [5.74, 6) is 2.14. The lowest BCUT2D eigenvalue weighted by molar-refractivity contribution is 0.270. The van der Waals surface area contributed by atoms with Crippen molar-refractivity contribution in [3.63, 3.8) is 0 Å². The third kappa shape index (κ3) is 5.18. The minimum Gasteiger partial charge on any atom is -0.493 e. The Hall–Kier alpha value is -1.89. The van der Waals surface area contributed by atoms with Crippen molar-refractivity contribution < 1.29 is 14.2 Å². The highest BCUT2D eigenvalue weighted by Gasteiger charge is 2.25. The van der Waals surface area contributed by atoms with Crippen LogP contribution in [0.5, 0.6) is 17.2 Å².